The zero-order valence-corrected chi connectivity index (χ0v) is 17.3. The minimum atomic E-state index is -0.694. The Balaban J connectivity index is 1.30. The molecule has 0 radical (unpaired) electrons. The Morgan fingerprint density at radius 3 is 2.47 bits per heavy atom. The summed E-state index contributed by atoms with van der Waals surface area (Å²) in [6, 6.07) is 15.3. The number of ether oxygens (including phenoxy) is 1. The number of para-hydroxylation sites is 1. The molecule has 1 N–H and O–H groups in total. The molecule has 3 heterocycles. The van der Waals surface area contributed by atoms with Crippen molar-refractivity contribution < 1.29 is 23.5 Å². The zero-order chi connectivity index (χ0) is 22.3. The average molecular weight is 434 g/mol. The number of carbonyl (C=O) groups is 3. The summed E-state index contributed by atoms with van der Waals surface area (Å²) in [7, 11) is 0. The van der Waals surface area contributed by atoms with Crippen molar-refractivity contribution in [2.45, 2.75) is 0 Å². The van der Waals surface area contributed by atoms with E-state index in [-0.39, 0.29) is 29.5 Å². The highest BCUT2D eigenvalue weighted by molar-refractivity contribution is 6.06. The van der Waals surface area contributed by atoms with Gasteiger partial charge in [0, 0.05) is 32.4 Å². The zero-order valence-electron chi connectivity index (χ0n) is 17.3. The number of furan rings is 1. The lowest BCUT2D eigenvalue weighted by Crippen LogP contribution is -2.50. The van der Waals surface area contributed by atoms with Crippen LogP contribution in [0.25, 0.3) is 0 Å². The molecule has 164 valence electrons. The topological polar surface area (TPSA) is 105 Å². The number of nitrogens with zero attached hydrogens (tertiary/aromatic N) is 3. The van der Waals surface area contributed by atoms with Crippen LogP contribution >= 0.6 is 0 Å². The van der Waals surface area contributed by atoms with E-state index >= 15 is 0 Å². The van der Waals surface area contributed by atoms with Crippen molar-refractivity contribution in [1.29, 1.82) is 0 Å². The van der Waals surface area contributed by atoms with E-state index in [4.69, 9.17) is 9.15 Å². The molecule has 2 aromatic heterocycles. The number of benzene rings is 1. The fourth-order valence-electron chi connectivity index (χ4n) is 3.38. The molecule has 1 saturated heterocycles. The Bertz CT molecular complexity index is 1080. The maximum Gasteiger partial charge on any atom is 0.340 e. The number of hydrogen-bond donors (Lipinski definition) is 1. The molecule has 1 aliphatic heterocycles. The monoisotopic (exact) mass is 434 g/mol. The summed E-state index contributed by atoms with van der Waals surface area (Å²) in [4.78, 5) is 45.4. The van der Waals surface area contributed by atoms with E-state index in [2.05, 4.69) is 15.2 Å². The van der Waals surface area contributed by atoms with Crippen LogP contribution in [-0.4, -0.2) is 60.5 Å². The molecule has 32 heavy (non-hydrogen) atoms. The first kappa shape index (κ1) is 21.1. The SMILES string of the molecule is O=C(Nc1ccccc1C(=O)OCC(=O)N1CCN(c2ccccn2)CC1)c1ccco1. The highest BCUT2D eigenvalue weighted by atomic mass is 16.5. The van der Waals surface area contributed by atoms with Gasteiger partial charge in [0.15, 0.2) is 12.4 Å². The highest BCUT2D eigenvalue weighted by Crippen LogP contribution is 2.18. The van der Waals surface area contributed by atoms with Crippen molar-refractivity contribution in [2.75, 3.05) is 43.0 Å². The molecule has 1 fully saturated rings. The lowest BCUT2D eigenvalue weighted by molar-refractivity contribution is -0.134. The van der Waals surface area contributed by atoms with Crippen LogP contribution in [0.3, 0.4) is 0 Å². The fraction of sp³-hybridized carbons (Fsp3) is 0.217. The summed E-state index contributed by atoms with van der Waals surface area (Å²) >= 11 is 0. The number of anilines is 2. The number of hydrogen-bond acceptors (Lipinski definition) is 7. The molecule has 0 bridgehead atoms. The van der Waals surface area contributed by atoms with Gasteiger partial charge in [0.25, 0.3) is 11.8 Å². The van der Waals surface area contributed by atoms with Crippen LogP contribution in [0, 0.1) is 0 Å². The fourth-order valence-corrected chi connectivity index (χ4v) is 3.38. The number of esters is 1. The van der Waals surface area contributed by atoms with Crippen molar-refractivity contribution >= 4 is 29.3 Å². The second-order valence-corrected chi connectivity index (χ2v) is 7.11. The molecule has 0 spiro atoms. The normalized spacial score (nSPS) is 13.5. The van der Waals surface area contributed by atoms with Gasteiger partial charge in [0.1, 0.15) is 5.82 Å². The minimum absolute atomic E-state index is 0.119. The third kappa shape index (κ3) is 4.94. The van der Waals surface area contributed by atoms with Gasteiger partial charge in [-0.15, -0.1) is 0 Å². The number of aromatic nitrogens is 1. The smallest absolute Gasteiger partial charge is 0.340 e. The van der Waals surface area contributed by atoms with Crippen LogP contribution in [0.2, 0.25) is 0 Å². The van der Waals surface area contributed by atoms with Crippen LogP contribution in [-0.2, 0) is 9.53 Å². The van der Waals surface area contributed by atoms with Gasteiger partial charge in [-0.1, -0.05) is 18.2 Å². The van der Waals surface area contributed by atoms with Gasteiger partial charge >= 0.3 is 5.97 Å². The summed E-state index contributed by atoms with van der Waals surface area (Å²) in [5.74, 6) is -0.457. The van der Waals surface area contributed by atoms with Crippen molar-refractivity contribution in [3.05, 3.63) is 78.4 Å². The Morgan fingerprint density at radius 2 is 1.75 bits per heavy atom. The molecule has 1 aliphatic rings. The van der Waals surface area contributed by atoms with Crippen LogP contribution in [0.1, 0.15) is 20.9 Å². The van der Waals surface area contributed by atoms with E-state index in [9.17, 15) is 14.4 Å². The summed E-state index contributed by atoms with van der Waals surface area (Å²) in [6.45, 7) is 1.96. The number of pyridine rings is 1. The number of nitrogens with one attached hydrogen (secondary N) is 1. The van der Waals surface area contributed by atoms with Gasteiger partial charge in [-0.3, -0.25) is 9.59 Å². The Hall–Kier alpha value is -4.14. The molecule has 2 amide bonds. The maximum absolute atomic E-state index is 12.6. The number of piperazine rings is 1. The predicted octanol–water partition coefficient (Wildman–Crippen LogP) is 2.43. The Labute approximate surface area is 184 Å². The second kappa shape index (κ2) is 9.78. The molecule has 4 rings (SSSR count). The molecule has 0 aliphatic carbocycles. The number of amides is 2. The van der Waals surface area contributed by atoms with Crippen molar-refractivity contribution in [2.24, 2.45) is 0 Å². The molecule has 3 aromatic rings. The molecule has 9 heteroatoms. The van der Waals surface area contributed by atoms with E-state index in [0.29, 0.717) is 26.2 Å². The molecule has 0 unspecified atom stereocenters. The molecular formula is C23H22N4O5. The number of carbonyl (C=O) groups excluding carboxylic acids is 3. The van der Waals surface area contributed by atoms with Crippen LogP contribution < -0.4 is 10.2 Å². The Morgan fingerprint density at radius 1 is 0.969 bits per heavy atom. The summed E-state index contributed by atoms with van der Waals surface area (Å²) in [5, 5.41) is 2.62. The Kier molecular flexibility index (Phi) is 6.45. The van der Waals surface area contributed by atoms with E-state index in [1.807, 2.05) is 18.2 Å². The number of rotatable bonds is 6. The first-order chi connectivity index (χ1) is 15.6. The second-order valence-electron chi connectivity index (χ2n) is 7.11. The van der Waals surface area contributed by atoms with Gasteiger partial charge in [0.2, 0.25) is 0 Å². The van der Waals surface area contributed by atoms with E-state index in [1.54, 1.807) is 35.4 Å². The minimum Gasteiger partial charge on any atom is -0.459 e. The molecule has 9 nitrogen and oxygen atoms in total. The summed E-state index contributed by atoms with van der Waals surface area (Å²) in [5.41, 5.74) is 0.426. The van der Waals surface area contributed by atoms with Crippen molar-refractivity contribution in [1.82, 2.24) is 9.88 Å². The third-order valence-electron chi connectivity index (χ3n) is 5.07. The van der Waals surface area contributed by atoms with Gasteiger partial charge in [-0.25, -0.2) is 9.78 Å². The summed E-state index contributed by atoms with van der Waals surface area (Å²) < 4.78 is 10.3. The largest absolute Gasteiger partial charge is 0.459 e. The first-order valence-corrected chi connectivity index (χ1v) is 10.2. The predicted molar refractivity (Wildman–Crippen MR) is 116 cm³/mol. The lowest BCUT2D eigenvalue weighted by atomic mass is 10.1. The van der Waals surface area contributed by atoms with Gasteiger partial charge in [0.05, 0.1) is 17.5 Å². The van der Waals surface area contributed by atoms with E-state index in [1.165, 1.54) is 18.4 Å². The highest BCUT2D eigenvalue weighted by Gasteiger charge is 2.23. The standard InChI is InChI=1S/C23H22N4O5/c28-21(27-13-11-26(12-14-27)20-9-3-4-10-24-20)16-32-23(30)17-6-1-2-7-18(17)25-22(29)19-8-5-15-31-19/h1-10,15H,11-14,16H2,(H,25,29). The van der Waals surface area contributed by atoms with Crippen LogP contribution in [0.15, 0.2) is 71.5 Å². The van der Waals surface area contributed by atoms with Crippen LogP contribution in [0.5, 0.6) is 0 Å². The molecule has 0 atom stereocenters. The molecule has 0 saturated carbocycles. The van der Waals surface area contributed by atoms with E-state index < -0.39 is 11.9 Å². The third-order valence-corrected chi connectivity index (χ3v) is 5.07. The van der Waals surface area contributed by atoms with Gasteiger partial charge < -0.3 is 24.3 Å². The average Bonchev–Trinajstić information content (AvgIpc) is 3.39. The van der Waals surface area contributed by atoms with Crippen LogP contribution in [0.4, 0.5) is 11.5 Å². The van der Waals surface area contributed by atoms with E-state index in [0.717, 1.165) is 5.82 Å². The van der Waals surface area contributed by atoms with Crippen molar-refractivity contribution in [3.8, 4) is 0 Å². The first-order valence-electron chi connectivity index (χ1n) is 10.2. The van der Waals surface area contributed by atoms with Gasteiger partial charge in [-0.05, 0) is 36.4 Å². The quantitative estimate of drug-likeness (QED) is 0.594. The molecule has 1 aromatic carbocycles. The van der Waals surface area contributed by atoms with Gasteiger partial charge in [-0.2, -0.15) is 0 Å². The molecular weight excluding hydrogens is 412 g/mol. The maximum atomic E-state index is 12.6. The lowest BCUT2D eigenvalue weighted by Gasteiger charge is -2.35. The summed E-state index contributed by atoms with van der Waals surface area (Å²) in [6.07, 6.45) is 3.12. The van der Waals surface area contributed by atoms with Crippen molar-refractivity contribution in [3.63, 3.8) is 0 Å².